The largest absolute Gasteiger partial charge is 0.336 e. The maximum Gasteiger partial charge on any atom is 0.243 e. The summed E-state index contributed by atoms with van der Waals surface area (Å²) in [6.45, 7) is 0.922. The molecule has 32 heavy (non-hydrogen) atoms. The van der Waals surface area contributed by atoms with Crippen molar-refractivity contribution in [3.63, 3.8) is 0 Å². The van der Waals surface area contributed by atoms with Gasteiger partial charge in [0.25, 0.3) is 0 Å². The van der Waals surface area contributed by atoms with Crippen molar-refractivity contribution in [2.45, 2.75) is 28.7 Å². The lowest BCUT2D eigenvalue weighted by Gasteiger charge is -2.20. The Bertz CT molecular complexity index is 1320. The first-order valence-corrected chi connectivity index (χ1v) is 13.0. The Balaban J connectivity index is 1.65. The third-order valence-electron chi connectivity index (χ3n) is 5.41. The van der Waals surface area contributed by atoms with Crippen molar-refractivity contribution in [2.75, 3.05) is 13.1 Å². The first kappa shape index (κ1) is 22.6. The molecule has 170 valence electrons. The summed E-state index contributed by atoms with van der Waals surface area (Å²) in [5.74, 6) is -0.121. The smallest absolute Gasteiger partial charge is 0.243 e. The summed E-state index contributed by atoms with van der Waals surface area (Å²) in [6.07, 6.45) is 4.80. The van der Waals surface area contributed by atoms with E-state index in [1.165, 1.54) is 53.0 Å². The van der Waals surface area contributed by atoms with Gasteiger partial charge in [0.15, 0.2) is 0 Å². The van der Waals surface area contributed by atoms with Crippen LogP contribution in [0.15, 0.2) is 70.7 Å². The molecule has 0 spiro atoms. The van der Waals surface area contributed by atoms with Crippen LogP contribution in [0.3, 0.4) is 0 Å². The number of rotatable bonds is 7. The van der Waals surface area contributed by atoms with Gasteiger partial charge in [-0.2, -0.15) is 9.03 Å². The van der Waals surface area contributed by atoms with Crippen LogP contribution in [0.5, 0.6) is 0 Å². The summed E-state index contributed by atoms with van der Waals surface area (Å²) in [5.41, 5.74) is 0.385. The predicted octanol–water partition coefficient (Wildman–Crippen LogP) is 2.41. The number of nitrogens with zero attached hydrogens (tertiary/aromatic N) is 3. The van der Waals surface area contributed by atoms with Crippen LogP contribution in [0.4, 0.5) is 4.39 Å². The van der Waals surface area contributed by atoms with Crippen LogP contribution in [-0.4, -0.2) is 43.8 Å². The number of aryl methyl sites for hydroxylation is 1. The highest BCUT2D eigenvalue weighted by Crippen LogP contribution is 2.26. The van der Waals surface area contributed by atoms with Gasteiger partial charge in [-0.3, -0.25) is 0 Å². The molecule has 0 bridgehead atoms. The Morgan fingerprint density at radius 2 is 1.66 bits per heavy atom. The van der Waals surface area contributed by atoms with Crippen LogP contribution in [0, 0.1) is 5.82 Å². The molecule has 1 N–H and O–H groups in total. The van der Waals surface area contributed by atoms with Crippen LogP contribution in [0.25, 0.3) is 0 Å². The van der Waals surface area contributed by atoms with E-state index < -0.39 is 31.9 Å². The highest BCUT2D eigenvalue weighted by atomic mass is 32.2. The first-order chi connectivity index (χ1) is 15.2. The second-order valence-corrected chi connectivity index (χ2v) is 11.2. The van der Waals surface area contributed by atoms with Gasteiger partial charge in [0.05, 0.1) is 9.79 Å². The second-order valence-electron chi connectivity index (χ2n) is 7.59. The van der Waals surface area contributed by atoms with E-state index >= 15 is 0 Å². The molecule has 8 nitrogen and oxygen atoms in total. The fourth-order valence-electron chi connectivity index (χ4n) is 3.70. The van der Waals surface area contributed by atoms with Gasteiger partial charge in [-0.25, -0.2) is 26.2 Å². The number of hydrogen-bond donors (Lipinski definition) is 1. The summed E-state index contributed by atoms with van der Waals surface area (Å²) in [7, 11) is -6.02. The van der Waals surface area contributed by atoms with Crippen LogP contribution in [0.1, 0.15) is 30.3 Å². The fourth-order valence-corrected chi connectivity index (χ4v) is 6.40. The zero-order chi connectivity index (χ0) is 22.9. The SMILES string of the molecule is Cn1ccnc1C(NS(=O)(=O)c1ccc(S(=O)(=O)N2CCCC2)cc1)c1cccc(F)c1. The quantitative estimate of drug-likeness (QED) is 0.562. The molecule has 1 fully saturated rings. The third-order valence-corrected chi connectivity index (χ3v) is 8.76. The lowest BCUT2D eigenvalue weighted by atomic mass is 10.1. The van der Waals surface area contributed by atoms with E-state index in [2.05, 4.69) is 9.71 Å². The Morgan fingerprint density at radius 3 is 2.25 bits per heavy atom. The standard InChI is InChI=1S/C21H23FN4O4S2/c1-25-14-11-23-21(25)20(16-5-4-6-17(22)15-16)24-31(27,28)18-7-9-19(10-8-18)32(29,30)26-12-2-3-13-26/h4-11,14-15,20,24H,2-3,12-13H2,1H3. The molecular formula is C21H23FN4O4S2. The van der Waals surface area contributed by atoms with Gasteiger partial charge in [0.2, 0.25) is 20.0 Å². The van der Waals surface area contributed by atoms with E-state index in [-0.39, 0.29) is 9.79 Å². The number of imidazole rings is 1. The molecule has 1 atom stereocenters. The number of halogens is 1. The van der Waals surface area contributed by atoms with Crippen LogP contribution in [0.2, 0.25) is 0 Å². The van der Waals surface area contributed by atoms with Crippen molar-refractivity contribution in [2.24, 2.45) is 7.05 Å². The highest BCUT2D eigenvalue weighted by Gasteiger charge is 2.29. The number of aromatic nitrogens is 2. The molecule has 0 radical (unpaired) electrons. The molecule has 4 rings (SSSR count). The van der Waals surface area contributed by atoms with Crippen molar-refractivity contribution in [1.82, 2.24) is 18.6 Å². The van der Waals surface area contributed by atoms with Gasteiger partial charge in [0.1, 0.15) is 17.7 Å². The van der Waals surface area contributed by atoms with Crippen molar-refractivity contribution in [1.29, 1.82) is 0 Å². The number of benzene rings is 2. The Hall–Kier alpha value is -2.60. The predicted molar refractivity (Wildman–Crippen MR) is 116 cm³/mol. The molecule has 0 saturated carbocycles. The Morgan fingerprint density at radius 1 is 1.00 bits per heavy atom. The number of nitrogens with one attached hydrogen (secondary N) is 1. The van der Waals surface area contributed by atoms with E-state index in [9.17, 15) is 21.2 Å². The van der Waals surface area contributed by atoms with Gasteiger partial charge in [-0.1, -0.05) is 12.1 Å². The van der Waals surface area contributed by atoms with E-state index in [4.69, 9.17) is 0 Å². The summed E-state index contributed by atoms with van der Waals surface area (Å²) in [4.78, 5) is 4.16. The molecule has 1 aliphatic rings. The first-order valence-electron chi connectivity index (χ1n) is 10.0. The monoisotopic (exact) mass is 478 g/mol. The van der Waals surface area contributed by atoms with E-state index in [1.807, 2.05) is 0 Å². The minimum atomic E-state index is -4.08. The van der Waals surface area contributed by atoms with Gasteiger partial charge in [0, 0.05) is 32.5 Å². The minimum absolute atomic E-state index is 0.0455. The molecule has 1 aliphatic heterocycles. The zero-order valence-electron chi connectivity index (χ0n) is 17.3. The zero-order valence-corrected chi connectivity index (χ0v) is 19.0. The summed E-state index contributed by atoms with van der Waals surface area (Å²) < 4.78 is 71.1. The van der Waals surface area contributed by atoms with E-state index in [1.54, 1.807) is 23.9 Å². The maximum atomic E-state index is 13.8. The topological polar surface area (TPSA) is 101 Å². The van der Waals surface area contributed by atoms with Crippen molar-refractivity contribution >= 4 is 20.0 Å². The number of hydrogen-bond acceptors (Lipinski definition) is 5. The van der Waals surface area contributed by atoms with E-state index in [0.717, 1.165) is 12.8 Å². The molecular weight excluding hydrogens is 455 g/mol. The normalized spacial score (nSPS) is 16.3. The maximum absolute atomic E-state index is 13.8. The molecule has 0 amide bonds. The molecule has 2 heterocycles. The third kappa shape index (κ3) is 4.46. The molecule has 0 aliphatic carbocycles. The summed E-state index contributed by atoms with van der Waals surface area (Å²) in [6, 6.07) is 9.77. The lowest BCUT2D eigenvalue weighted by molar-refractivity contribution is 0.477. The summed E-state index contributed by atoms with van der Waals surface area (Å²) >= 11 is 0. The Kier molecular flexibility index (Phi) is 6.17. The van der Waals surface area contributed by atoms with Crippen molar-refractivity contribution in [3.05, 3.63) is 78.1 Å². The molecule has 1 unspecified atom stereocenters. The minimum Gasteiger partial charge on any atom is -0.336 e. The molecule has 3 aromatic rings. The van der Waals surface area contributed by atoms with Crippen molar-refractivity contribution in [3.8, 4) is 0 Å². The van der Waals surface area contributed by atoms with Gasteiger partial charge in [-0.05, 0) is 54.8 Å². The average Bonchev–Trinajstić information content (AvgIpc) is 3.45. The lowest BCUT2D eigenvalue weighted by Crippen LogP contribution is -2.31. The molecule has 2 aromatic carbocycles. The fraction of sp³-hybridized carbons (Fsp3) is 0.286. The van der Waals surface area contributed by atoms with Crippen LogP contribution in [-0.2, 0) is 27.1 Å². The van der Waals surface area contributed by atoms with Gasteiger partial charge < -0.3 is 4.57 Å². The number of sulfonamides is 2. The van der Waals surface area contributed by atoms with E-state index in [0.29, 0.717) is 24.5 Å². The highest BCUT2D eigenvalue weighted by molar-refractivity contribution is 7.89. The Labute approximate surface area is 186 Å². The summed E-state index contributed by atoms with van der Waals surface area (Å²) in [5, 5.41) is 0. The molecule has 1 saturated heterocycles. The van der Waals surface area contributed by atoms with Gasteiger partial charge >= 0.3 is 0 Å². The average molecular weight is 479 g/mol. The second kappa shape index (κ2) is 8.74. The van der Waals surface area contributed by atoms with Gasteiger partial charge in [-0.15, -0.1) is 0 Å². The van der Waals surface area contributed by atoms with Crippen molar-refractivity contribution < 1.29 is 21.2 Å². The molecule has 1 aromatic heterocycles. The van der Waals surface area contributed by atoms with Crippen LogP contribution >= 0.6 is 0 Å². The molecule has 11 heteroatoms. The van der Waals surface area contributed by atoms with Crippen LogP contribution < -0.4 is 4.72 Å².